The van der Waals surface area contributed by atoms with E-state index < -0.39 is 8.38 Å². The number of para-hydroxylation sites is 3. The summed E-state index contributed by atoms with van der Waals surface area (Å²) in [4.78, 5) is 0. The zero-order valence-electron chi connectivity index (χ0n) is 29.6. The van der Waals surface area contributed by atoms with Crippen LogP contribution in [0.15, 0.2) is 140 Å². The van der Waals surface area contributed by atoms with Crippen LogP contribution in [0.4, 0.5) is 0 Å². The van der Waals surface area contributed by atoms with Crippen molar-refractivity contribution in [2.75, 3.05) is 0 Å². The third kappa shape index (κ3) is 13.9. The first-order chi connectivity index (χ1) is 24.3. The molecule has 0 bridgehead atoms. The van der Waals surface area contributed by atoms with Gasteiger partial charge in [-0.2, -0.15) is 0 Å². The molecule has 0 aliphatic rings. The summed E-state index contributed by atoms with van der Waals surface area (Å²) < 4.78 is 23.2. The van der Waals surface area contributed by atoms with Crippen molar-refractivity contribution in [1.29, 1.82) is 0 Å². The van der Waals surface area contributed by atoms with Gasteiger partial charge in [-0.15, -0.1) is 17.8 Å². The van der Waals surface area contributed by atoms with E-state index in [1.807, 2.05) is 143 Å². The van der Waals surface area contributed by atoms with E-state index in [9.17, 15) is 5.11 Å². The number of aromatic hydroxyl groups is 1. The lowest BCUT2D eigenvalue weighted by Gasteiger charge is -2.27. The number of phenolic OH excluding ortho intramolecular Hbond substituents is 1. The highest BCUT2D eigenvalue weighted by Gasteiger charge is 2.25. The van der Waals surface area contributed by atoms with Gasteiger partial charge in [0, 0.05) is 11.8 Å². The number of benzene rings is 5. The molecule has 1 N–H and O–H groups in total. The van der Waals surface area contributed by atoms with Crippen LogP contribution in [0.25, 0.3) is 0 Å². The maximum absolute atomic E-state index is 9.57. The van der Waals surface area contributed by atoms with Crippen molar-refractivity contribution in [1.82, 2.24) is 0 Å². The molecule has 50 heavy (non-hydrogen) atoms. The largest absolute Gasteiger partial charge is 0.508 e. The number of hydrogen-bond acceptors (Lipinski definition) is 5. The molecule has 7 heteroatoms. The average molecular weight is 705 g/mol. The molecule has 2 atom stereocenters. The van der Waals surface area contributed by atoms with Gasteiger partial charge in [-0.3, -0.25) is 0 Å². The maximum atomic E-state index is 9.57. The van der Waals surface area contributed by atoms with Crippen LogP contribution in [0.3, 0.4) is 0 Å². The van der Waals surface area contributed by atoms with Crippen LogP contribution in [-0.4, -0.2) is 10.8 Å². The van der Waals surface area contributed by atoms with Crippen LogP contribution in [0.2, 0.25) is 0 Å². The summed E-state index contributed by atoms with van der Waals surface area (Å²) in [6.07, 6.45) is 0.983. The molecule has 5 nitrogen and oxygen atoms in total. The minimum atomic E-state index is -1.27. The van der Waals surface area contributed by atoms with Crippen molar-refractivity contribution < 1.29 is 23.2 Å². The molecule has 0 spiro atoms. The minimum Gasteiger partial charge on any atom is -0.508 e. The van der Waals surface area contributed by atoms with Crippen LogP contribution < -0.4 is 18.1 Å². The fourth-order valence-corrected chi connectivity index (χ4v) is 6.13. The molecule has 0 heterocycles. The van der Waals surface area contributed by atoms with Crippen molar-refractivity contribution in [2.24, 2.45) is 0 Å². The highest BCUT2D eigenvalue weighted by Crippen LogP contribution is 2.45. The predicted octanol–water partition coefficient (Wildman–Crippen LogP) is 12.0. The molecule has 0 saturated carbocycles. The van der Waals surface area contributed by atoms with Crippen LogP contribution in [0.5, 0.6) is 28.7 Å². The first-order valence-corrected chi connectivity index (χ1v) is 18.4. The van der Waals surface area contributed by atoms with E-state index in [0.29, 0.717) is 0 Å². The van der Waals surface area contributed by atoms with Gasteiger partial charge in [0.2, 0.25) is 0 Å². The van der Waals surface area contributed by atoms with Crippen molar-refractivity contribution in [2.45, 2.75) is 59.0 Å². The van der Waals surface area contributed by atoms with Crippen molar-refractivity contribution >= 4 is 17.4 Å². The van der Waals surface area contributed by atoms with E-state index in [-0.39, 0.29) is 25.9 Å². The zero-order chi connectivity index (χ0) is 36.0. The smallest absolute Gasteiger partial charge is 0.306 e. The third-order valence-electron chi connectivity index (χ3n) is 7.13. The minimum absolute atomic E-state index is 0.0129. The summed E-state index contributed by atoms with van der Waals surface area (Å²) in [6.45, 7) is 12.1. The first kappa shape index (κ1) is 39.5. The summed E-state index contributed by atoms with van der Waals surface area (Å²) in [5.74, 6) is 15.2. The molecule has 5 aromatic carbocycles. The van der Waals surface area contributed by atoms with Crippen LogP contribution in [0, 0.1) is 23.7 Å². The zero-order valence-corrected chi connectivity index (χ0v) is 31.5. The standard InChI is InChI=1S/C26H27O3P.C12H11O2P.C5H8/c1-5-9-20(2)30(28-24-10-7-6-8-11-24)29-25-18-14-22(15-19-25)26(3,4)21-12-16-23(27)17-13-21;1-3-7-11(8-4-1)13-15-14-12-9-5-2-6-10-12;1-3-5-4-2/h6-8,10-20,27H,1-4H3;1-10,15H;3H2,1-2H3. The van der Waals surface area contributed by atoms with Gasteiger partial charge in [0.15, 0.2) is 0 Å². The number of phenols is 1. The van der Waals surface area contributed by atoms with Gasteiger partial charge in [-0.05, 0) is 92.6 Å². The molecule has 0 aliphatic carbocycles. The number of rotatable bonds is 11. The van der Waals surface area contributed by atoms with Crippen molar-refractivity contribution in [3.8, 4) is 52.4 Å². The second-order valence-electron chi connectivity index (χ2n) is 11.2. The Kier molecular flexibility index (Phi) is 17.3. The Hall–Kier alpha value is -4.92. The fraction of sp³-hybridized carbons (Fsp3) is 0.209. The average Bonchev–Trinajstić information content (AvgIpc) is 3.14. The van der Waals surface area contributed by atoms with Gasteiger partial charge >= 0.3 is 8.38 Å². The first-order valence-electron chi connectivity index (χ1n) is 16.4. The lowest BCUT2D eigenvalue weighted by Crippen LogP contribution is -2.18. The lowest BCUT2D eigenvalue weighted by molar-refractivity contribution is 0.474. The summed E-state index contributed by atoms with van der Waals surface area (Å²) in [5, 5.41) is 9.57. The van der Waals surface area contributed by atoms with Gasteiger partial charge in [0.25, 0.3) is 9.03 Å². The molecule has 258 valence electrons. The Bertz CT molecular complexity index is 1730. The van der Waals surface area contributed by atoms with E-state index in [2.05, 4.69) is 49.7 Å². The Balaban J connectivity index is 0.000000279. The van der Waals surface area contributed by atoms with Gasteiger partial charge in [0.05, 0.1) is 0 Å². The molecule has 0 radical (unpaired) electrons. The Morgan fingerprint density at radius 1 is 0.620 bits per heavy atom. The monoisotopic (exact) mass is 704 g/mol. The normalized spacial score (nSPS) is 11.2. The lowest BCUT2D eigenvalue weighted by atomic mass is 9.78. The molecule has 0 amide bonds. The van der Waals surface area contributed by atoms with E-state index in [0.717, 1.165) is 40.5 Å². The predicted molar refractivity (Wildman–Crippen MR) is 210 cm³/mol. The Labute approximate surface area is 301 Å². The van der Waals surface area contributed by atoms with Gasteiger partial charge in [0.1, 0.15) is 34.4 Å². The quantitative estimate of drug-likeness (QED) is 0.110. The highest BCUT2D eigenvalue weighted by molar-refractivity contribution is 7.49. The summed E-state index contributed by atoms with van der Waals surface area (Å²) in [7, 11) is -1.28. The maximum Gasteiger partial charge on any atom is 0.306 e. The van der Waals surface area contributed by atoms with Crippen molar-refractivity contribution in [3.63, 3.8) is 0 Å². The molecule has 0 aromatic heterocycles. The molecule has 0 fully saturated rings. The van der Waals surface area contributed by atoms with Crippen LogP contribution >= 0.6 is 17.4 Å². The van der Waals surface area contributed by atoms with Gasteiger partial charge < -0.3 is 23.2 Å². The second-order valence-corrected chi connectivity index (χ2v) is 13.5. The second kappa shape index (κ2) is 21.9. The van der Waals surface area contributed by atoms with E-state index in [1.165, 1.54) is 0 Å². The molecular weight excluding hydrogens is 658 g/mol. The van der Waals surface area contributed by atoms with E-state index in [4.69, 9.17) is 18.1 Å². The van der Waals surface area contributed by atoms with Gasteiger partial charge in [-0.1, -0.05) is 106 Å². The summed E-state index contributed by atoms with van der Waals surface area (Å²) in [5.41, 5.74) is 2.07. The van der Waals surface area contributed by atoms with E-state index in [1.54, 1.807) is 12.1 Å². The highest BCUT2D eigenvalue weighted by atomic mass is 31.2. The molecule has 5 aromatic rings. The Morgan fingerprint density at radius 3 is 1.44 bits per heavy atom. The SMILES string of the molecule is CC#CC(C)P(Oc1ccccc1)Oc1ccc(C(C)(C)c2ccc(O)cc2)cc1.CC#CCC.c1ccc(OPOc2ccccc2)cc1. The van der Waals surface area contributed by atoms with Crippen LogP contribution in [-0.2, 0) is 5.41 Å². The molecule has 2 unspecified atom stereocenters. The molecule has 0 aliphatic heterocycles. The third-order valence-corrected chi connectivity index (χ3v) is 9.31. The molecule has 5 rings (SSSR count). The Morgan fingerprint density at radius 2 is 1.04 bits per heavy atom. The molecule has 0 saturated heterocycles. The summed E-state index contributed by atoms with van der Waals surface area (Å²) in [6, 6.07) is 44.4. The topological polar surface area (TPSA) is 57.2 Å². The summed E-state index contributed by atoms with van der Waals surface area (Å²) >= 11 is 0. The van der Waals surface area contributed by atoms with Crippen LogP contribution in [0.1, 0.15) is 59.1 Å². The van der Waals surface area contributed by atoms with Gasteiger partial charge in [-0.25, -0.2) is 0 Å². The number of hydrogen-bond donors (Lipinski definition) is 1. The van der Waals surface area contributed by atoms with E-state index >= 15 is 0 Å². The molecular formula is C43H46O5P2. The fourth-order valence-electron chi connectivity index (χ4n) is 4.38. The van der Waals surface area contributed by atoms with Crippen molar-refractivity contribution in [3.05, 3.63) is 151 Å².